The topological polar surface area (TPSA) is 29.1 Å². The van der Waals surface area contributed by atoms with Gasteiger partial charge in [-0.05, 0) is 61.9 Å². The second kappa shape index (κ2) is 7.53. The number of carbonyl (C=O) groups is 1. The first-order chi connectivity index (χ1) is 12.1. The molecule has 132 valence electrons. The predicted molar refractivity (Wildman–Crippen MR) is 104 cm³/mol. The SMILES string of the molecule is CCCC1(CCNCc2ccccc2)Cc2c(C)ccc(C)c2C1=O. The Morgan fingerprint density at radius 1 is 1.00 bits per heavy atom. The molecule has 2 aromatic carbocycles. The van der Waals surface area contributed by atoms with Gasteiger partial charge >= 0.3 is 0 Å². The summed E-state index contributed by atoms with van der Waals surface area (Å²) in [6.45, 7) is 8.15. The quantitative estimate of drug-likeness (QED) is 0.721. The van der Waals surface area contributed by atoms with Gasteiger partial charge in [-0.15, -0.1) is 0 Å². The first kappa shape index (κ1) is 17.9. The molecule has 2 aromatic rings. The molecule has 0 aliphatic heterocycles. The maximum Gasteiger partial charge on any atom is 0.169 e. The number of hydrogen-bond donors (Lipinski definition) is 1. The van der Waals surface area contributed by atoms with Gasteiger partial charge in [0.2, 0.25) is 0 Å². The fraction of sp³-hybridized carbons (Fsp3) is 0.435. The average molecular weight is 335 g/mol. The van der Waals surface area contributed by atoms with Crippen LogP contribution in [0.1, 0.15) is 58.8 Å². The summed E-state index contributed by atoms with van der Waals surface area (Å²) >= 11 is 0. The Kier molecular flexibility index (Phi) is 5.39. The summed E-state index contributed by atoms with van der Waals surface area (Å²) in [6, 6.07) is 14.7. The van der Waals surface area contributed by atoms with Crippen molar-refractivity contribution in [3.63, 3.8) is 0 Å². The highest BCUT2D eigenvalue weighted by Crippen LogP contribution is 2.45. The second-order valence-corrected chi connectivity index (χ2v) is 7.50. The molecule has 0 heterocycles. The first-order valence-electron chi connectivity index (χ1n) is 9.46. The maximum atomic E-state index is 13.3. The predicted octanol–water partition coefficient (Wildman–Crippen LogP) is 5.01. The monoisotopic (exact) mass is 335 g/mol. The number of hydrogen-bond acceptors (Lipinski definition) is 2. The van der Waals surface area contributed by atoms with Crippen molar-refractivity contribution in [3.8, 4) is 0 Å². The lowest BCUT2D eigenvalue weighted by molar-refractivity contribution is 0.0786. The molecule has 1 aliphatic carbocycles. The third-order valence-electron chi connectivity index (χ3n) is 5.66. The van der Waals surface area contributed by atoms with Crippen molar-refractivity contribution in [3.05, 3.63) is 70.3 Å². The number of benzene rings is 2. The van der Waals surface area contributed by atoms with E-state index in [0.717, 1.165) is 49.9 Å². The summed E-state index contributed by atoms with van der Waals surface area (Å²) in [6.07, 6.45) is 3.86. The molecule has 0 fully saturated rings. The summed E-state index contributed by atoms with van der Waals surface area (Å²) < 4.78 is 0. The second-order valence-electron chi connectivity index (χ2n) is 7.50. The fourth-order valence-electron chi connectivity index (χ4n) is 4.26. The van der Waals surface area contributed by atoms with Crippen molar-refractivity contribution in [2.45, 2.75) is 53.0 Å². The van der Waals surface area contributed by atoms with Gasteiger partial charge in [0.15, 0.2) is 5.78 Å². The number of nitrogens with one attached hydrogen (secondary N) is 1. The summed E-state index contributed by atoms with van der Waals surface area (Å²) in [7, 11) is 0. The van der Waals surface area contributed by atoms with E-state index in [2.05, 4.69) is 62.5 Å². The van der Waals surface area contributed by atoms with E-state index in [-0.39, 0.29) is 5.41 Å². The first-order valence-corrected chi connectivity index (χ1v) is 9.46. The van der Waals surface area contributed by atoms with E-state index >= 15 is 0 Å². The van der Waals surface area contributed by atoms with E-state index in [4.69, 9.17) is 0 Å². The summed E-state index contributed by atoms with van der Waals surface area (Å²) in [5.74, 6) is 0.382. The highest BCUT2D eigenvalue weighted by molar-refractivity contribution is 6.06. The van der Waals surface area contributed by atoms with Crippen molar-refractivity contribution in [2.75, 3.05) is 6.54 Å². The van der Waals surface area contributed by atoms with Gasteiger partial charge in [-0.3, -0.25) is 4.79 Å². The smallest absolute Gasteiger partial charge is 0.169 e. The zero-order chi connectivity index (χ0) is 17.9. The number of fused-ring (bicyclic) bond motifs is 1. The van der Waals surface area contributed by atoms with Gasteiger partial charge in [0.05, 0.1) is 0 Å². The van der Waals surface area contributed by atoms with E-state index in [1.54, 1.807) is 0 Å². The Bertz CT molecular complexity index is 750. The van der Waals surface area contributed by atoms with Crippen LogP contribution in [0.15, 0.2) is 42.5 Å². The Morgan fingerprint density at radius 2 is 1.72 bits per heavy atom. The molecule has 0 radical (unpaired) electrons. The van der Waals surface area contributed by atoms with Crippen LogP contribution in [-0.4, -0.2) is 12.3 Å². The molecule has 1 unspecified atom stereocenters. The molecule has 0 spiro atoms. The van der Waals surface area contributed by atoms with E-state index in [0.29, 0.717) is 5.78 Å². The highest BCUT2D eigenvalue weighted by atomic mass is 16.1. The molecule has 1 aliphatic rings. The molecular weight excluding hydrogens is 306 g/mol. The zero-order valence-corrected chi connectivity index (χ0v) is 15.7. The lowest BCUT2D eigenvalue weighted by Crippen LogP contribution is -2.32. The van der Waals surface area contributed by atoms with Gasteiger partial charge in [-0.1, -0.05) is 55.8 Å². The van der Waals surface area contributed by atoms with Crippen LogP contribution in [0.25, 0.3) is 0 Å². The van der Waals surface area contributed by atoms with Crippen molar-refractivity contribution in [1.82, 2.24) is 5.32 Å². The van der Waals surface area contributed by atoms with Crippen LogP contribution in [0, 0.1) is 19.3 Å². The maximum absolute atomic E-state index is 13.3. The molecule has 1 atom stereocenters. The van der Waals surface area contributed by atoms with E-state index in [9.17, 15) is 4.79 Å². The number of carbonyl (C=O) groups excluding carboxylic acids is 1. The van der Waals surface area contributed by atoms with Crippen LogP contribution in [0.2, 0.25) is 0 Å². The normalized spacial score (nSPS) is 19.2. The number of aryl methyl sites for hydroxylation is 2. The Morgan fingerprint density at radius 3 is 2.40 bits per heavy atom. The molecule has 2 nitrogen and oxygen atoms in total. The minimum atomic E-state index is -0.211. The number of Topliss-reactive ketones (excluding diaryl/α,β-unsaturated/α-hetero) is 1. The van der Waals surface area contributed by atoms with Crippen LogP contribution in [0.4, 0.5) is 0 Å². The number of ketones is 1. The van der Waals surface area contributed by atoms with E-state index in [1.807, 2.05) is 6.07 Å². The van der Waals surface area contributed by atoms with Crippen molar-refractivity contribution < 1.29 is 4.79 Å². The largest absolute Gasteiger partial charge is 0.313 e. The van der Waals surface area contributed by atoms with Gasteiger partial charge in [-0.2, -0.15) is 0 Å². The van der Waals surface area contributed by atoms with E-state index < -0.39 is 0 Å². The van der Waals surface area contributed by atoms with Crippen LogP contribution < -0.4 is 5.32 Å². The highest BCUT2D eigenvalue weighted by Gasteiger charge is 2.45. The third kappa shape index (κ3) is 3.55. The summed E-state index contributed by atoms with van der Waals surface area (Å²) in [5, 5.41) is 3.54. The fourth-order valence-corrected chi connectivity index (χ4v) is 4.26. The van der Waals surface area contributed by atoms with Crippen LogP contribution in [0.5, 0.6) is 0 Å². The molecule has 0 bridgehead atoms. The molecule has 25 heavy (non-hydrogen) atoms. The van der Waals surface area contributed by atoms with Crippen LogP contribution in [-0.2, 0) is 13.0 Å². The Labute approximate surface area is 151 Å². The average Bonchev–Trinajstić information content (AvgIpc) is 2.91. The van der Waals surface area contributed by atoms with Crippen molar-refractivity contribution >= 4 is 5.78 Å². The van der Waals surface area contributed by atoms with Gasteiger partial charge in [0.1, 0.15) is 0 Å². The molecule has 0 saturated carbocycles. The molecule has 0 amide bonds. The van der Waals surface area contributed by atoms with Crippen LogP contribution in [0.3, 0.4) is 0 Å². The molecule has 0 saturated heterocycles. The lowest BCUT2D eigenvalue weighted by Gasteiger charge is -2.27. The van der Waals surface area contributed by atoms with E-state index in [1.165, 1.54) is 16.7 Å². The van der Waals surface area contributed by atoms with Gasteiger partial charge in [0.25, 0.3) is 0 Å². The minimum absolute atomic E-state index is 0.211. The van der Waals surface area contributed by atoms with Crippen molar-refractivity contribution in [2.24, 2.45) is 5.41 Å². The van der Waals surface area contributed by atoms with Crippen molar-refractivity contribution in [1.29, 1.82) is 0 Å². The third-order valence-corrected chi connectivity index (χ3v) is 5.66. The lowest BCUT2D eigenvalue weighted by atomic mass is 9.76. The molecule has 1 N–H and O–H groups in total. The van der Waals surface area contributed by atoms with Gasteiger partial charge in [0, 0.05) is 17.5 Å². The summed E-state index contributed by atoms with van der Waals surface area (Å²) in [4.78, 5) is 13.3. The zero-order valence-electron chi connectivity index (χ0n) is 15.7. The Balaban J connectivity index is 1.72. The van der Waals surface area contributed by atoms with Crippen LogP contribution >= 0.6 is 0 Å². The molecule has 0 aromatic heterocycles. The minimum Gasteiger partial charge on any atom is -0.313 e. The number of rotatable bonds is 7. The standard InChI is InChI=1S/C23H29NO/c1-4-12-23(13-14-24-16-19-8-6-5-7-9-19)15-20-17(2)10-11-18(3)21(20)22(23)25/h5-11,24H,4,12-16H2,1-3H3. The summed E-state index contributed by atoms with van der Waals surface area (Å²) in [5.41, 5.74) is 5.79. The van der Waals surface area contributed by atoms with Gasteiger partial charge in [-0.25, -0.2) is 0 Å². The molecule has 3 rings (SSSR count). The molecule has 2 heteroatoms. The molecular formula is C23H29NO. The Hall–Kier alpha value is -1.93. The van der Waals surface area contributed by atoms with Gasteiger partial charge < -0.3 is 5.32 Å².